The summed E-state index contributed by atoms with van der Waals surface area (Å²) in [6.45, 7) is 0. The fourth-order valence-electron chi connectivity index (χ4n) is 2.91. The van der Waals surface area contributed by atoms with Crippen molar-refractivity contribution in [1.29, 1.82) is 0 Å². The molecule has 1 saturated carbocycles. The molecular weight excluding hydrogens is 250 g/mol. The van der Waals surface area contributed by atoms with Gasteiger partial charge in [-0.3, -0.25) is 9.78 Å². The zero-order valence-electron chi connectivity index (χ0n) is 12.5. The Morgan fingerprint density at radius 2 is 2.10 bits per heavy atom. The minimum absolute atomic E-state index is 0.239. The van der Waals surface area contributed by atoms with Crippen LogP contribution in [-0.2, 0) is 11.2 Å². The molecule has 0 bridgehead atoms. The number of amides is 1. The van der Waals surface area contributed by atoms with E-state index in [1.54, 1.807) is 6.20 Å². The number of rotatable bonds is 5. The van der Waals surface area contributed by atoms with E-state index in [2.05, 4.69) is 10.3 Å². The highest BCUT2D eigenvalue weighted by Crippen LogP contribution is 2.22. The summed E-state index contributed by atoms with van der Waals surface area (Å²) in [7, 11) is 3.97. The zero-order valence-corrected chi connectivity index (χ0v) is 12.5. The monoisotopic (exact) mass is 275 g/mol. The summed E-state index contributed by atoms with van der Waals surface area (Å²) in [5.41, 5.74) is 0.994. The molecule has 2 rings (SSSR count). The summed E-state index contributed by atoms with van der Waals surface area (Å²) in [4.78, 5) is 18.5. The predicted octanol–water partition coefficient (Wildman–Crippen LogP) is 2.00. The van der Waals surface area contributed by atoms with Gasteiger partial charge in [0.2, 0.25) is 5.91 Å². The van der Waals surface area contributed by atoms with Crippen LogP contribution < -0.4 is 5.32 Å². The standard InChI is InChI=1S/C16H25N3O/c1-17-13-6-9-15(10-7-13)19(2)16(20)11-8-14-5-3-4-12-18-14/h3-5,12-13,15,17H,6-11H2,1-2H3. The van der Waals surface area contributed by atoms with Crippen molar-refractivity contribution in [2.45, 2.75) is 50.6 Å². The molecule has 0 aromatic carbocycles. The average molecular weight is 275 g/mol. The van der Waals surface area contributed by atoms with Crippen molar-refractivity contribution < 1.29 is 4.79 Å². The molecule has 4 heteroatoms. The van der Waals surface area contributed by atoms with Gasteiger partial charge in [-0.05, 0) is 51.3 Å². The van der Waals surface area contributed by atoms with Crippen molar-refractivity contribution in [3.8, 4) is 0 Å². The number of aryl methyl sites for hydroxylation is 1. The van der Waals surface area contributed by atoms with Gasteiger partial charge in [0.25, 0.3) is 0 Å². The number of aromatic nitrogens is 1. The van der Waals surface area contributed by atoms with Crippen LogP contribution in [0.3, 0.4) is 0 Å². The molecule has 1 fully saturated rings. The lowest BCUT2D eigenvalue weighted by atomic mass is 9.90. The van der Waals surface area contributed by atoms with Crippen LogP contribution in [0.5, 0.6) is 0 Å². The largest absolute Gasteiger partial charge is 0.343 e. The Balaban J connectivity index is 1.77. The number of nitrogens with one attached hydrogen (secondary N) is 1. The fourth-order valence-corrected chi connectivity index (χ4v) is 2.91. The molecule has 0 radical (unpaired) electrons. The smallest absolute Gasteiger partial charge is 0.222 e. The lowest BCUT2D eigenvalue weighted by Crippen LogP contribution is -2.42. The number of hydrogen-bond donors (Lipinski definition) is 1. The molecule has 4 nitrogen and oxygen atoms in total. The molecule has 110 valence electrons. The summed E-state index contributed by atoms with van der Waals surface area (Å²) in [6, 6.07) is 6.89. The highest BCUT2D eigenvalue weighted by molar-refractivity contribution is 5.76. The number of carbonyl (C=O) groups is 1. The summed E-state index contributed by atoms with van der Waals surface area (Å²) < 4.78 is 0. The van der Waals surface area contributed by atoms with E-state index in [1.165, 1.54) is 12.8 Å². The van der Waals surface area contributed by atoms with E-state index >= 15 is 0 Å². The van der Waals surface area contributed by atoms with E-state index in [0.717, 1.165) is 25.0 Å². The molecule has 1 heterocycles. The van der Waals surface area contributed by atoms with Crippen LogP contribution in [-0.4, -0.2) is 42.0 Å². The Kier molecular flexibility index (Phi) is 5.53. The second kappa shape index (κ2) is 7.39. The van der Waals surface area contributed by atoms with Crippen molar-refractivity contribution in [2.24, 2.45) is 0 Å². The number of hydrogen-bond acceptors (Lipinski definition) is 3. The fraction of sp³-hybridized carbons (Fsp3) is 0.625. The van der Waals surface area contributed by atoms with Crippen molar-refractivity contribution in [3.05, 3.63) is 30.1 Å². The maximum absolute atomic E-state index is 12.2. The number of carbonyl (C=O) groups excluding carboxylic acids is 1. The topological polar surface area (TPSA) is 45.2 Å². The molecule has 0 aliphatic heterocycles. The van der Waals surface area contributed by atoms with E-state index < -0.39 is 0 Å². The third-order valence-corrected chi connectivity index (χ3v) is 4.37. The SMILES string of the molecule is CNC1CCC(N(C)C(=O)CCc2ccccn2)CC1. The van der Waals surface area contributed by atoms with Gasteiger partial charge in [0.05, 0.1) is 0 Å². The van der Waals surface area contributed by atoms with Gasteiger partial charge in [-0.15, -0.1) is 0 Å². The Morgan fingerprint density at radius 3 is 2.70 bits per heavy atom. The van der Waals surface area contributed by atoms with E-state index in [-0.39, 0.29) is 5.91 Å². The second-order valence-corrected chi connectivity index (χ2v) is 5.62. The van der Waals surface area contributed by atoms with Crippen LogP contribution in [0.2, 0.25) is 0 Å². The van der Waals surface area contributed by atoms with Gasteiger partial charge >= 0.3 is 0 Å². The van der Waals surface area contributed by atoms with Gasteiger partial charge in [-0.2, -0.15) is 0 Å². The van der Waals surface area contributed by atoms with Crippen LogP contribution in [0, 0.1) is 0 Å². The van der Waals surface area contributed by atoms with E-state index in [0.29, 0.717) is 18.5 Å². The van der Waals surface area contributed by atoms with Gasteiger partial charge in [0.1, 0.15) is 0 Å². The van der Waals surface area contributed by atoms with E-state index in [9.17, 15) is 4.79 Å². The molecule has 1 amide bonds. The summed E-state index contributed by atoms with van der Waals surface area (Å²) in [5, 5.41) is 3.33. The minimum atomic E-state index is 0.239. The van der Waals surface area contributed by atoms with E-state index in [1.807, 2.05) is 37.2 Å². The third kappa shape index (κ3) is 4.04. The molecule has 20 heavy (non-hydrogen) atoms. The third-order valence-electron chi connectivity index (χ3n) is 4.37. The van der Waals surface area contributed by atoms with Crippen LogP contribution >= 0.6 is 0 Å². The first-order valence-electron chi connectivity index (χ1n) is 7.53. The van der Waals surface area contributed by atoms with Crippen LogP contribution in [0.15, 0.2) is 24.4 Å². The molecule has 1 N–H and O–H groups in total. The van der Waals surface area contributed by atoms with Crippen molar-refractivity contribution in [1.82, 2.24) is 15.2 Å². The molecule has 1 aliphatic rings. The Labute approximate surface area is 121 Å². The van der Waals surface area contributed by atoms with Gasteiger partial charge in [-0.25, -0.2) is 0 Å². The lowest BCUT2D eigenvalue weighted by Gasteiger charge is -2.34. The van der Waals surface area contributed by atoms with E-state index in [4.69, 9.17) is 0 Å². The highest BCUT2D eigenvalue weighted by atomic mass is 16.2. The Bertz CT molecular complexity index is 413. The summed E-state index contributed by atoms with van der Waals surface area (Å²) >= 11 is 0. The maximum Gasteiger partial charge on any atom is 0.222 e. The number of pyridine rings is 1. The maximum atomic E-state index is 12.2. The highest BCUT2D eigenvalue weighted by Gasteiger charge is 2.25. The van der Waals surface area contributed by atoms with Gasteiger partial charge < -0.3 is 10.2 Å². The first kappa shape index (κ1) is 15.0. The Hall–Kier alpha value is -1.42. The molecular formula is C16H25N3O. The molecule has 0 spiro atoms. The average Bonchev–Trinajstić information content (AvgIpc) is 2.53. The molecule has 1 aliphatic carbocycles. The van der Waals surface area contributed by atoms with Gasteiger partial charge in [0.15, 0.2) is 0 Å². The molecule has 0 atom stereocenters. The number of nitrogens with zero attached hydrogens (tertiary/aromatic N) is 2. The van der Waals surface area contributed by atoms with Crippen LogP contribution in [0.4, 0.5) is 0 Å². The summed E-state index contributed by atoms with van der Waals surface area (Å²) in [5.74, 6) is 0.239. The van der Waals surface area contributed by atoms with Crippen molar-refractivity contribution in [2.75, 3.05) is 14.1 Å². The van der Waals surface area contributed by atoms with Gasteiger partial charge in [0, 0.05) is 37.4 Å². The first-order chi connectivity index (χ1) is 9.70. The van der Waals surface area contributed by atoms with Crippen molar-refractivity contribution in [3.63, 3.8) is 0 Å². The van der Waals surface area contributed by atoms with Crippen LogP contribution in [0.1, 0.15) is 37.8 Å². The quantitative estimate of drug-likeness (QED) is 0.894. The molecule has 1 aromatic rings. The lowest BCUT2D eigenvalue weighted by molar-refractivity contribution is -0.132. The van der Waals surface area contributed by atoms with Gasteiger partial charge in [-0.1, -0.05) is 6.07 Å². The molecule has 1 aromatic heterocycles. The molecule has 0 saturated heterocycles. The second-order valence-electron chi connectivity index (χ2n) is 5.62. The zero-order chi connectivity index (χ0) is 14.4. The summed E-state index contributed by atoms with van der Waals surface area (Å²) in [6.07, 6.45) is 7.62. The first-order valence-corrected chi connectivity index (χ1v) is 7.53. The normalized spacial score (nSPS) is 22.5. The molecule has 0 unspecified atom stereocenters. The van der Waals surface area contributed by atoms with Crippen LogP contribution in [0.25, 0.3) is 0 Å². The Morgan fingerprint density at radius 1 is 1.35 bits per heavy atom. The predicted molar refractivity (Wildman–Crippen MR) is 80.4 cm³/mol. The van der Waals surface area contributed by atoms with Crippen molar-refractivity contribution >= 4 is 5.91 Å². The minimum Gasteiger partial charge on any atom is -0.343 e.